The predicted molar refractivity (Wildman–Crippen MR) is 96.0 cm³/mol. The first-order chi connectivity index (χ1) is 9.96. The molecule has 6 heteroatoms. The molecule has 1 heterocycles. The van der Waals surface area contributed by atoms with Crippen molar-refractivity contribution < 1.29 is 9.66 Å². The third kappa shape index (κ3) is 3.73. The Morgan fingerprint density at radius 2 is 1.86 bits per heavy atom. The van der Waals surface area contributed by atoms with Gasteiger partial charge in [-0.3, -0.25) is 15.1 Å². The number of hydrogen-bond donors (Lipinski definition) is 0. The minimum absolute atomic E-state index is 0. The molecule has 0 aliphatic rings. The van der Waals surface area contributed by atoms with E-state index in [1.54, 1.807) is 18.5 Å². The summed E-state index contributed by atoms with van der Waals surface area (Å²) in [6.07, 6.45) is 3.48. The lowest BCUT2D eigenvalue weighted by Crippen LogP contribution is -2.20. The summed E-state index contributed by atoms with van der Waals surface area (Å²) in [5.41, 5.74) is 1.70. The van der Waals surface area contributed by atoms with E-state index in [1.165, 1.54) is 12.1 Å². The molecule has 1 aromatic heterocycles. The van der Waals surface area contributed by atoms with Crippen LogP contribution >= 0.6 is 24.0 Å². The molecular weight excluding hydrogens is 395 g/mol. The van der Waals surface area contributed by atoms with Gasteiger partial charge >= 0.3 is 0 Å². The van der Waals surface area contributed by atoms with Crippen LogP contribution in [0.3, 0.4) is 0 Å². The van der Waals surface area contributed by atoms with Crippen LogP contribution in [0, 0.1) is 10.1 Å². The van der Waals surface area contributed by atoms with Crippen LogP contribution in [0.25, 0.3) is 0 Å². The number of hydrogen-bond acceptors (Lipinski definition) is 4. The molecule has 0 unspecified atom stereocenters. The van der Waals surface area contributed by atoms with Gasteiger partial charge < -0.3 is 4.74 Å². The summed E-state index contributed by atoms with van der Waals surface area (Å²) in [4.78, 5) is 14.5. The molecule has 0 radical (unpaired) electrons. The van der Waals surface area contributed by atoms with Crippen molar-refractivity contribution in [1.82, 2.24) is 4.98 Å². The third-order valence-electron chi connectivity index (χ3n) is 3.55. The van der Waals surface area contributed by atoms with Crippen molar-refractivity contribution in [3.63, 3.8) is 0 Å². The van der Waals surface area contributed by atoms with Gasteiger partial charge in [0, 0.05) is 29.4 Å². The van der Waals surface area contributed by atoms with E-state index in [0.717, 1.165) is 11.1 Å². The Balaban J connectivity index is 0.00000242. The molecule has 0 saturated carbocycles. The van der Waals surface area contributed by atoms with Crippen LogP contribution in [0.4, 0.5) is 5.69 Å². The van der Waals surface area contributed by atoms with Gasteiger partial charge in [0.05, 0.1) is 17.6 Å². The van der Waals surface area contributed by atoms with Gasteiger partial charge in [-0.05, 0) is 30.7 Å². The van der Waals surface area contributed by atoms with E-state index in [4.69, 9.17) is 4.74 Å². The Labute approximate surface area is 146 Å². The number of nitro groups is 1. The number of non-ortho nitro benzene ring substituents is 1. The molecule has 0 saturated heterocycles. The van der Waals surface area contributed by atoms with Crippen LogP contribution in [0.15, 0.2) is 42.7 Å². The monoisotopic (exact) mass is 414 g/mol. The summed E-state index contributed by atoms with van der Waals surface area (Å²) < 4.78 is 5.62. The van der Waals surface area contributed by atoms with Crippen LogP contribution < -0.4 is 4.74 Å². The summed E-state index contributed by atoms with van der Waals surface area (Å²) in [6, 6.07) is 8.65. The lowest BCUT2D eigenvalue weighted by Gasteiger charge is -2.27. The quantitative estimate of drug-likeness (QED) is 0.415. The predicted octanol–water partition coefficient (Wildman–Crippen LogP) is 4.33. The van der Waals surface area contributed by atoms with Gasteiger partial charge in [-0.25, -0.2) is 0 Å². The van der Waals surface area contributed by atoms with Crippen LogP contribution in [-0.4, -0.2) is 16.5 Å². The lowest BCUT2D eigenvalue weighted by atomic mass is 9.78. The molecule has 0 fully saturated rings. The normalized spacial score (nSPS) is 10.7. The molecule has 22 heavy (non-hydrogen) atoms. The number of rotatable bonds is 5. The minimum Gasteiger partial charge on any atom is -0.493 e. The van der Waals surface area contributed by atoms with E-state index >= 15 is 0 Å². The fraction of sp³-hybridized carbons (Fsp3) is 0.312. The zero-order chi connectivity index (χ0) is 15.5. The second-order valence-electron chi connectivity index (χ2n) is 5.23. The zero-order valence-corrected chi connectivity index (χ0v) is 15.1. The number of halogens is 1. The van der Waals surface area contributed by atoms with Gasteiger partial charge in [0.25, 0.3) is 5.69 Å². The minimum atomic E-state index is -0.411. The number of nitro benzene ring substituents is 1. The van der Waals surface area contributed by atoms with E-state index < -0.39 is 4.92 Å². The standard InChI is InChI=1S/C16H18N2O3.HI/c1-4-21-15-11-13(18(19)20)5-6-14(15)16(2,3)12-7-9-17-10-8-12;/h5-11H,4H2,1-3H3;1H. The second kappa shape index (κ2) is 7.53. The maximum atomic E-state index is 10.9. The van der Waals surface area contributed by atoms with Crippen LogP contribution in [-0.2, 0) is 5.41 Å². The highest BCUT2D eigenvalue weighted by Gasteiger charge is 2.28. The first-order valence-corrected chi connectivity index (χ1v) is 6.79. The molecule has 0 N–H and O–H groups in total. The molecule has 118 valence electrons. The molecule has 0 bridgehead atoms. The lowest BCUT2D eigenvalue weighted by molar-refractivity contribution is -0.385. The first kappa shape index (κ1) is 18.3. The largest absolute Gasteiger partial charge is 0.493 e. The molecule has 2 aromatic rings. The van der Waals surface area contributed by atoms with E-state index in [2.05, 4.69) is 18.8 Å². The van der Waals surface area contributed by atoms with E-state index in [1.807, 2.05) is 19.1 Å². The molecule has 0 atom stereocenters. The highest BCUT2D eigenvalue weighted by Crippen LogP contribution is 2.38. The van der Waals surface area contributed by atoms with Gasteiger partial charge in [0.1, 0.15) is 5.75 Å². The third-order valence-corrected chi connectivity index (χ3v) is 3.55. The number of nitrogens with zero attached hydrogens (tertiary/aromatic N) is 2. The Kier molecular flexibility index (Phi) is 6.28. The molecular formula is C16H19IN2O3. The van der Waals surface area contributed by atoms with Crippen molar-refractivity contribution in [2.24, 2.45) is 0 Å². The summed E-state index contributed by atoms with van der Waals surface area (Å²) in [7, 11) is 0. The van der Waals surface area contributed by atoms with Crippen LogP contribution in [0.5, 0.6) is 5.75 Å². The van der Waals surface area contributed by atoms with Gasteiger partial charge in [0.2, 0.25) is 0 Å². The van der Waals surface area contributed by atoms with Crippen molar-refractivity contribution in [3.05, 3.63) is 64.0 Å². The Morgan fingerprint density at radius 1 is 1.23 bits per heavy atom. The molecule has 0 spiro atoms. The fourth-order valence-electron chi connectivity index (χ4n) is 2.34. The van der Waals surface area contributed by atoms with Gasteiger partial charge in [-0.15, -0.1) is 24.0 Å². The Morgan fingerprint density at radius 3 is 2.41 bits per heavy atom. The molecule has 5 nitrogen and oxygen atoms in total. The number of ether oxygens (including phenoxy) is 1. The second-order valence-corrected chi connectivity index (χ2v) is 5.23. The molecule has 0 aliphatic carbocycles. The highest BCUT2D eigenvalue weighted by molar-refractivity contribution is 14.0. The Bertz CT molecular complexity index is 645. The van der Waals surface area contributed by atoms with Crippen LogP contribution in [0.2, 0.25) is 0 Å². The van der Waals surface area contributed by atoms with E-state index in [-0.39, 0.29) is 35.1 Å². The summed E-state index contributed by atoms with van der Waals surface area (Å²) in [5.74, 6) is 0.550. The number of benzene rings is 1. The molecule has 0 amide bonds. The van der Waals surface area contributed by atoms with Gasteiger partial charge in [-0.2, -0.15) is 0 Å². The molecule has 1 aromatic carbocycles. The average Bonchev–Trinajstić information content (AvgIpc) is 2.48. The average molecular weight is 414 g/mol. The summed E-state index contributed by atoms with van der Waals surface area (Å²) in [6.45, 7) is 6.45. The van der Waals surface area contributed by atoms with E-state index in [0.29, 0.717) is 12.4 Å². The number of aromatic nitrogens is 1. The zero-order valence-electron chi connectivity index (χ0n) is 12.8. The summed E-state index contributed by atoms with van der Waals surface area (Å²) in [5, 5.41) is 10.9. The topological polar surface area (TPSA) is 65.3 Å². The van der Waals surface area contributed by atoms with Crippen molar-refractivity contribution in [2.45, 2.75) is 26.2 Å². The van der Waals surface area contributed by atoms with Crippen molar-refractivity contribution in [2.75, 3.05) is 6.61 Å². The van der Waals surface area contributed by atoms with Gasteiger partial charge in [-0.1, -0.05) is 13.8 Å². The van der Waals surface area contributed by atoms with Crippen molar-refractivity contribution >= 4 is 29.7 Å². The van der Waals surface area contributed by atoms with Crippen LogP contribution in [0.1, 0.15) is 31.9 Å². The molecule has 2 rings (SSSR count). The number of pyridine rings is 1. The smallest absolute Gasteiger partial charge is 0.273 e. The molecule has 0 aliphatic heterocycles. The SMILES string of the molecule is CCOc1cc([N+](=O)[O-])ccc1C(C)(C)c1ccncc1.I. The Hall–Kier alpha value is -1.70. The first-order valence-electron chi connectivity index (χ1n) is 6.79. The maximum absolute atomic E-state index is 10.9. The van der Waals surface area contributed by atoms with E-state index in [9.17, 15) is 10.1 Å². The van der Waals surface area contributed by atoms with Crippen molar-refractivity contribution in [1.29, 1.82) is 0 Å². The van der Waals surface area contributed by atoms with Crippen molar-refractivity contribution in [3.8, 4) is 5.75 Å². The highest BCUT2D eigenvalue weighted by atomic mass is 127. The van der Waals surface area contributed by atoms with Gasteiger partial charge in [0.15, 0.2) is 0 Å². The fourth-order valence-corrected chi connectivity index (χ4v) is 2.34. The maximum Gasteiger partial charge on any atom is 0.273 e. The summed E-state index contributed by atoms with van der Waals surface area (Å²) >= 11 is 0.